The van der Waals surface area contributed by atoms with Crippen LogP contribution in [0, 0.1) is 0 Å². The van der Waals surface area contributed by atoms with Crippen LogP contribution in [0.25, 0.3) is 0 Å². The van der Waals surface area contributed by atoms with Gasteiger partial charge in [0.15, 0.2) is 0 Å². The lowest BCUT2D eigenvalue weighted by atomic mass is 10.2. The topological polar surface area (TPSA) is 79.0 Å². The Bertz CT molecular complexity index is 1030. The summed E-state index contributed by atoms with van der Waals surface area (Å²) in [6, 6.07) is 11.6. The molecular formula is C21H24ClN3O4S. The van der Waals surface area contributed by atoms with Gasteiger partial charge in [-0.3, -0.25) is 4.79 Å². The molecule has 2 aromatic rings. The number of ether oxygens (including phenoxy) is 1. The Labute approximate surface area is 181 Å². The standard InChI is InChI=1S/C21H24ClN3O4S/c22-17-5-3-4-16(14-17)21(26)23-19-15-18(6-7-20(19)24-8-1-2-9-24)30(27,28)25-10-12-29-13-11-25/h3-7,14-15H,1-2,8-13H2,(H,23,26). The van der Waals surface area contributed by atoms with E-state index >= 15 is 0 Å². The lowest BCUT2D eigenvalue weighted by molar-refractivity contribution is 0.0730. The van der Waals surface area contributed by atoms with Gasteiger partial charge < -0.3 is 15.0 Å². The maximum absolute atomic E-state index is 13.1. The van der Waals surface area contributed by atoms with Crippen molar-refractivity contribution in [1.82, 2.24) is 4.31 Å². The van der Waals surface area contributed by atoms with Gasteiger partial charge in [0.05, 0.1) is 29.5 Å². The van der Waals surface area contributed by atoms with Crippen LogP contribution in [0.15, 0.2) is 47.4 Å². The molecule has 2 fully saturated rings. The number of anilines is 2. The van der Waals surface area contributed by atoms with Crippen LogP contribution in [-0.4, -0.2) is 58.0 Å². The first kappa shape index (κ1) is 21.1. The van der Waals surface area contributed by atoms with E-state index in [0.717, 1.165) is 31.6 Å². The first-order chi connectivity index (χ1) is 14.4. The van der Waals surface area contributed by atoms with E-state index in [1.165, 1.54) is 4.31 Å². The molecule has 0 atom stereocenters. The summed E-state index contributed by atoms with van der Waals surface area (Å²) in [5.41, 5.74) is 1.72. The lowest BCUT2D eigenvalue weighted by Crippen LogP contribution is -2.40. The molecule has 0 saturated carbocycles. The fourth-order valence-corrected chi connectivity index (χ4v) is 5.39. The van der Waals surface area contributed by atoms with Gasteiger partial charge in [-0.1, -0.05) is 17.7 Å². The monoisotopic (exact) mass is 449 g/mol. The van der Waals surface area contributed by atoms with Crippen LogP contribution in [0.2, 0.25) is 5.02 Å². The minimum Gasteiger partial charge on any atom is -0.379 e. The molecule has 2 aromatic carbocycles. The van der Waals surface area contributed by atoms with Crippen LogP contribution in [0.4, 0.5) is 11.4 Å². The minimum atomic E-state index is -3.67. The van der Waals surface area contributed by atoms with E-state index in [1.807, 2.05) is 0 Å². The van der Waals surface area contributed by atoms with E-state index in [-0.39, 0.29) is 10.8 Å². The van der Waals surface area contributed by atoms with Crippen molar-refractivity contribution in [3.05, 3.63) is 53.1 Å². The molecule has 2 aliphatic heterocycles. The summed E-state index contributed by atoms with van der Waals surface area (Å²) < 4.78 is 32.9. The van der Waals surface area contributed by atoms with Gasteiger partial charge in [-0.2, -0.15) is 4.31 Å². The highest BCUT2D eigenvalue weighted by Gasteiger charge is 2.28. The zero-order valence-electron chi connectivity index (χ0n) is 16.5. The molecule has 2 aliphatic rings. The molecule has 0 aromatic heterocycles. The maximum Gasteiger partial charge on any atom is 0.255 e. The van der Waals surface area contributed by atoms with Crippen molar-refractivity contribution < 1.29 is 17.9 Å². The number of halogens is 1. The predicted octanol–water partition coefficient (Wildman–Crippen LogP) is 3.21. The van der Waals surface area contributed by atoms with E-state index < -0.39 is 10.0 Å². The van der Waals surface area contributed by atoms with E-state index in [2.05, 4.69) is 10.2 Å². The number of carbonyl (C=O) groups is 1. The second-order valence-electron chi connectivity index (χ2n) is 7.35. The first-order valence-corrected chi connectivity index (χ1v) is 11.8. The van der Waals surface area contributed by atoms with Gasteiger partial charge in [-0.05, 0) is 49.2 Å². The molecule has 2 saturated heterocycles. The van der Waals surface area contributed by atoms with E-state index in [4.69, 9.17) is 16.3 Å². The van der Waals surface area contributed by atoms with Gasteiger partial charge in [0.25, 0.3) is 5.91 Å². The van der Waals surface area contributed by atoms with Crippen molar-refractivity contribution in [2.45, 2.75) is 17.7 Å². The third-order valence-electron chi connectivity index (χ3n) is 5.36. The summed E-state index contributed by atoms with van der Waals surface area (Å²) in [5, 5.41) is 3.36. The van der Waals surface area contributed by atoms with Crippen molar-refractivity contribution in [3.8, 4) is 0 Å². The Kier molecular flexibility index (Phi) is 6.29. The second kappa shape index (κ2) is 8.93. The Hall–Kier alpha value is -2.13. The quantitative estimate of drug-likeness (QED) is 0.758. The number of benzene rings is 2. The molecule has 0 bridgehead atoms. The third kappa shape index (κ3) is 4.46. The van der Waals surface area contributed by atoms with Crippen molar-refractivity contribution in [1.29, 1.82) is 0 Å². The van der Waals surface area contributed by atoms with Crippen molar-refractivity contribution in [2.24, 2.45) is 0 Å². The van der Waals surface area contributed by atoms with E-state index in [9.17, 15) is 13.2 Å². The normalized spacial score (nSPS) is 17.8. The fourth-order valence-electron chi connectivity index (χ4n) is 3.77. The summed E-state index contributed by atoms with van der Waals surface area (Å²) in [6.07, 6.45) is 2.13. The van der Waals surface area contributed by atoms with E-state index in [1.54, 1.807) is 42.5 Å². The number of nitrogens with zero attached hydrogens (tertiary/aromatic N) is 2. The summed E-state index contributed by atoms with van der Waals surface area (Å²) in [6.45, 7) is 3.14. The summed E-state index contributed by atoms with van der Waals surface area (Å²) in [4.78, 5) is 15.2. The molecule has 1 amide bonds. The number of nitrogens with one attached hydrogen (secondary N) is 1. The van der Waals surface area contributed by atoms with Crippen LogP contribution in [0.5, 0.6) is 0 Å². The Morgan fingerprint density at radius 1 is 1.00 bits per heavy atom. The highest BCUT2D eigenvalue weighted by molar-refractivity contribution is 7.89. The largest absolute Gasteiger partial charge is 0.379 e. The van der Waals surface area contributed by atoms with Gasteiger partial charge in [0.2, 0.25) is 10.0 Å². The molecule has 9 heteroatoms. The van der Waals surface area contributed by atoms with Crippen molar-refractivity contribution in [2.75, 3.05) is 49.6 Å². The number of amides is 1. The van der Waals surface area contributed by atoms with Gasteiger partial charge >= 0.3 is 0 Å². The second-order valence-corrected chi connectivity index (χ2v) is 9.73. The number of hydrogen-bond acceptors (Lipinski definition) is 5. The smallest absolute Gasteiger partial charge is 0.255 e. The average molecular weight is 450 g/mol. The molecule has 0 unspecified atom stereocenters. The zero-order chi connectivity index (χ0) is 21.1. The Morgan fingerprint density at radius 2 is 1.73 bits per heavy atom. The SMILES string of the molecule is O=C(Nc1cc(S(=O)(=O)N2CCOCC2)ccc1N1CCCC1)c1cccc(Cl)c1. The highest BCUT2D eigenvalue weighted by atomic mass is 35.5. The summed E-state index contributed by atoms with van der Waals surface area (Å²) >= 11 is 6.01. The third-order valence-corrected chi connectivity index (χ3v) is 7.49. The molecule has 4 rings (SSSR count). The molecule has 2 heterocycles. The number of carbonyl (C=O) groups excluding carboxylic acids is 1. The van der Waals surface area contributed by atoms with Gasteiger partial charge in [0, 0.05) is 36.8 Å². The van der Waals surface area contributed by atoms with Crippen LogP contribution in [0.1, 0.15) is 23.2 Å². The van der Waals surface area contributed by atoms with Crippen LogP contribution >= 0.6 is 11.6 Å². The molecule has 0 radical (unpaired) electrons. The number of sulfonamides is 1. The summed E-state index contributed by atoms with van der Waals surface area (Å²) in [7, 11) is -3.67. The molecule has 1 N–H and O–H groups in total. The van der Waals surface area contributed by atoms with Crippen LogP contribution in [-0.2, 0) is 14.8 Å². The molecule has 160 valence electrons. The lowest BCUT2D eigenvalue weighted by Gasteiger charge is -2.27. The van der Waals surface area contributed by atoms with Crippen LogP contribution < -0.4 is 10.2 Å². The highest BCUT2D eigenvalue weighted by Crippen LogP contribution is 2.33. The van der Waals surface area contributed by atoms with Gasteiger partial charge in [-0.25, -0.2) is 8.42 Å². The maximum atomic E-state index is 13.1. The molecule has 0 aliphatic carbocycles. The Morgan fingerprint density at radius 3 is 2.43 bits per heavy atom. The number of morpholine rings is 1. The Balaban J connectivity index is 1.68. The van der Waals surface area contributed by atoms with Gasteiger partial charge in [-0.15, -0.1) is 0 Å². The molecular weight excluding hydrogens is 426 g/mol. The molecule has 7 nitrogen and oxygen atoms in total. The first-order valence-electron chi connectivity index (χ1n) is 9.99. The zero-order valence-corrected chi connectivity index (χ0v) is 18.1. The predicted molar refractivity (Wildman–Crippen MR) is 117 cm³/mol. The minimum absolute atomic E-state index is 0.161. The molecule has 30 heavy (non-hydrogen) atoms. The van der Waals surface area contributed by atoms with Crippen molar-refractivity contribution in [3.63, 3.8) is 0 Å². The number of hydrogen-bond donors (Lipinski definition) is 1. The fraction of sp³-hybridized carbons (Fsp3) is 0.381. The van der Waals surface area contributed by atoms with E-state index in [0.29, 0.717) is 42.6 Å². The van der Waals surface area contributed by atoms with Crippen molar-refractivity contribution >= 4 is 38.9 Å². The number of rotatable bonds is 5. The average Bonchev–Trinajstić information content (AvgIpc) is 3.29. The summed E-state index contributed by atoms with van der Waals surface area (Å²) in [5.74, 6) is -0.334. The van der Waals surface area contributed by atoms with Crippen LogP contribution in [0.3, 0.4) is 0 Å². The molecule has 0 spiro atoms. The van der Waals surface area contributed by atoms with Gasteiger partial charge in [0.1, 0.15) is 0 Å².